The van der Waals surface area contributed by atoms with E-state index in [-0.39, 0.29) is 0 Å². The van der Waals surface area contributed by atoms with Gasteiger partial charge < -0.3 is 0 Å². The summed E-state index contributed by atoms with van der Waals surface area (Å²) in [6, 6.07) is 64.5. The largest absolute Gasteiger partial charge is 0.248 e. The maximum atomic E-state index is 9.43. The van der Waals surface area contributed by atoms with Crippen LogP contribution in [0.1, 0.15) is 5.56 Å². The number of nitrogens with zero attached hydrogens (tertiary/aromatic N) is 4. The van der Waals surface area contributed by atoms with Crippen LogP contribution in [-0.4, -0.2) is 15.0 Å². The number of benzene rings is 7. The first-order valence-electron chi connectivity index (χ1n) is 17.2. The molecule has 0 fully saturated rings. The minimum atomic E-state index is 0.607. The first-order valence-corrected chi connectivity index (χ1v) is 17.2. The van der Waals surface area contributed by atoms with Crippen LogP contribution in [0, 0.1) is 11.3 Å². The molecule has 0 spiro atoms. The van der Waals surface area contributed by atoms with Gasteiger partial charge in [-0.2, -0.15) is 5.26 Å². The minimum Gasteiger partial charge on any atom is -0.248 e. The van der Waals surface area contributed by atoms with Gasteiger partial charge in [0.15, 0.2) is 0 Å². The van der Waals surface area contributed by atoms with Crippen LogP contribution in [0.2, 0.25) is 0 Å². The fourth-order valence-electron chi connectivity index (χ4n) is 6.93. The van der Waals surface area contributed by atoms with Crippen LogP contribution in [0.3, 0.4) is 0 Å². The van der Waals surface area contributed by atoms with Crippen LogP contribution in [-0.2, 0) is 0 Å². The van der Waals surface area contributed by atoms with Crippen LogP contribution in [0.5, 0.6) is 0 Å². The molecule has 0 aliphatic heterocycles. The molecule has 0 amide bonds. The molecule has 0 aliphatic carbocycles. The zero-order valence-electron chi connectivity index (χ0n) is 28.1. The van der Waals surface area contributed by atoms with E-state index in [1.54, 1.807) is 0 Å². The highest BCUT2D eigenvalue weighted by Gasteiger charge is 2.18. The molecule has 52 heavy (non-hydrogen) atoms. The molecule has 0 radical (unpaired) electrons. The summed E-state index contributed by atoms with van der Waals surface area (Å²) in [6.45, 7) is 0. The minimum absolute atomic E-state index is 0.607. The predicted molar refractivity (Wildman–Crippen MR) is 212 cm³/mol. The molecule has 0 bridgehead atoms. The number of aromatic nitrogens is 3. The van der Waals surface area contributed by atoms with Gasteiger partial charge in [-0.25, -0.2) is 15.0 Å². The molecule has 4 nitrogen and oxygen atoms in total. The number of nitriles is 1. The van der Waals surface area contributed by atoms with E-state index >= 15 is 0 Å². The second kappa shape index (κ2) is 13.2. The summed E-state index contributed by atoms with van der Waals surface area (Å²) in [4.78, 5) is 15.4. The maximum absolute atomic E-state index is 9.43. The van der Waals surface area contributed by atoms with Crippen LogP contribution in [0.25, 0.3) is 89.1 Å². The van der Waals surface area contributed by atoms with Crippen LogP contribution < -0.4 is 0 Å². The zero-order valence-corrected chi connectivity index (χ0v) is 28.1. The Balaban J connectivity index is 1.19. The van der Waals surface area contributed by atoms with Crippen molar-refractivity contribution in [3.8, 4) is 73.4 Å². The lowest BCUT2D eigenvalue weighted by Gasteiger charge is -2.16. The highest BCUT2D eigenvalue weighted by atomic mass is 14.8. The van der Waals surface area contributed by atoms with Crippen molar-refractivity contribution in [2.45, 2.75) is 0 Å². The molecule has 0 saturated heterocycles. The molecular weight excluding hydrogens is 633 g/mol. The van der Waals surface area contributed by atoms with Crippen molar-refractivity contribution in [1.29, 1.82) is 5.26 Å². The molecule has 0 saturated carbocycles. The monoisotopic (exact) mass is 662 g/mol. The molecule has 4 heteroatoms. The molecule has 242 valence electrons. The number of rotatable bonds is 6. The Labute approximate surface area is 302 Å². The van der Waals surface area contributed by atoms with Gasteiger partial charge in [0.2, 0.25) is 0 Å². The second-order valence-electron chi connectivity index (χ2n) is 12.7. The quantitative estimate of drug-likeness (QED) is 0.178. The summed E-state index contributed by atoms with van der Waals surface area (Å²) < 4.78 is 0. The molecule has 0 N–H and O–H groups in total. The van der Waals surface area contributed by atoms with Gasteiger partial charge in [0.25, 0.3) is 0 Å². The Hall–Kier alpha value is -7.22. The van der Waals surface area contributed by atoms with E-state index in [0.717, 1.165) is 89.1 Å². The molecule has 2 heterocycles. The van der Waals surface area contributed by atoms with Crippen molar-refractivity contribution in [3.05, 3.63) is 188 Å². The van der Waals surface area contributed by atoms with Crippen molar-refractivity contribution in [1.82, 2.24) is 15.0 Å². The van der Waals surface area contributed by atoms with Gasteiger partial charge in [-0.15, -0.1) is 0 Å². The van der Waals surface area contributed by atoms with Crippen LogP contribution in [0.4, 0.5) is 0 Å². The van der Waals surface area contributed by atoms with E-state index in [9.17, 15) is 5.26 Å². The van der Waals surface area contributed by atoms with Gasteiger partial charge >= 0.3 is 0 Å². The van der Waals surface area contributed by atoms with E-state index in [1.807, 2.05) is 60.7 Å². The number of para-hydroxylation sites is 2. The lowest BCUT2D eigenvalue weighted by Crippen LogP contribution is -1.97. The highest BCUT2D eigenvalue weighted by molar-refractivity contribution is 6.06. The Morgan fingerprint density at radius 2 is 0.865 bits per heavy atom. The number of hydrogen-bond donors (Lipinski definition) is 0. The SMILES string of the molecule is N#Cc1ccc(-c2nc3ccccc3nc2-c2ccc(-c3cccc(-c4cc(-c5ccccc5)nc(-c5ccccc5)c4)c3)c3ccccc23)cc1. The summed E-state index contributed by atoms with van der Waals surface area (Å²) in [6.07, 6.45) is 0. The number of hydrogen-bond acceptors (Lipinski definition) is 4. The first kappa shape index (κ1) is 30.8. The van der Waals surface area contributed by atoms with Gasteiger partial charge in [-0.3, -0.25) is 0 Å². The average Bonchev–Trinajstić information content (AvgIpc) is 3.23. The van der Waals surface area contributed by atoms with E-state index in [1.165, 1.54) is 0 Å². The van der Waals surface area contributed by atoms with Crippen molar-refractivity contribution in [2.24, 2.45) is 0 Å². The van der Waals surface area contributed by atoms with Gasteiger partial charge in [0.1, 0.15) is 0 Å². The topological polar surface area (TPSA) is 62.5 Å². The van der Waals surface area contributed by atoms with E-state index in [0.29, 0.717) is 5.56 Å². The summed E-state index contributed by atoms with van der Waals surface area (Å²) in [5.41, 5.74) is 14.3. The normalized spacial score (nSPS) is 11.1. The molecule has 7 aromatic carbocycles. The maximum Gasteiger partial charge on any atom is 0.0991 e. The van der Waals surface area contributed by atoms with Crippen LogP contribution >= 0.6 is 0 Å². The molecular formula is C48H30N4. The van der Waals surface area contributed by atoms with Crippen molar-refractivity contribution < 1.29 is 0 Å². The molecule has 9 rings (SSSR count). The summed E-state index contributed by atoms with van der Waals surface area (Å²) in [5.74, 6) is 0. The summed E-state index contributed by atoms with van der Waals surface area (Å²) in [5, 5.41) is 11.6. The Morgan fingerprint density at radius 1 is 0.346 bits per heavy atom. The van der Waals surface area contributed by atoms with E-state index < -0.39 is 0 Å². The molecule has 0 atom stereocenters. The van der Waals surface area contributed by atoms with Crippen molar-refractivity contribution in [2.75, 3.05) is 0 Å². The fraction of sp³-hybridized carbons (Fsp3) is 0. The lowest BCUT2D eigenvalue weighted by molar-refractivity contribution is 1.30. The van der Waals surface area contributed by atoms with Gasteiger partial charge in [0.05, 0.1) is 45.4 Å². The zero-order chi connectivity index (χ0) is 34.9. The third-order valence-corrected chi connectivity index (χ3v) is 9.51. The number of pyridine rings is 1. The second-order valence-corrected chi connectivity index (χ2v) is 12.7. The fourth-order valence-corrected chi connectivity index (χ4v) is 6.93. The van der Waals surface area contributed by atoms with Crippen molar-refractivity contribution >= 4 is 21.8 Å². The summed E-state index contributed by atoms with van der Waals surface area (Å²) in [7, 11) is 0. The average molecular weight is 663 g/mol. The predicted octanol–water partition coefficient (Wildman–Crippen LogP) is 12.1. The summed E-state index contributed by atoms with van der Waals surface area (Å²) >= 11 is 0. The van der Waals surface area contributed by atoms with E-state index in [4.69, 9.17) is 15.0 Å². The van der Waals surface area contributed by atoms with E-state index in [2.05, 4.69) is 127 Å². The van der Waals surface area contributed by atoms with Crippen molar-refractivity contribution in [3.63, 3.8) is 0 Å². The lowest BCUT2D eigenvalue weighted by atomic mass is 9.91. The number of fused-ring (bicyclic) bond motifs is 2. The smallest absolute Gasteiger partial charge is 0.0991 e. The highest BCUT2D eigenvalue weighted by Crippen LogP contribution is 2.40. The van der Waals surface area contributed by atoms with Gasteiger partial charge in [0, 0.05) is 22.3 Å². The Kier molecular flexibility index (Phi) is 7.85. The third-order valence-electron chi connectivity index (χ3n) is 9.51. The first-order chi connectivity index (χ1) is 25.7. The molecule has 9 aromatic rings. The van der Waals surface area contributed by atoms with Gasteiger partial charge in [-0.05, 0) is 75.5 Å². The third kappa shape index (κ3) is 5.77. The molecule has 0 unspecified atom stereocenters. The van der Waals surface area contributed by atoms with Gasteiger partial charge in [-0.1, -0.05) is 140 Å². The molecule has 0 aliphatic rings. The van der Waals surface area contributed by atoms with Crippen LogP contribution in [0.15, 0.2) is 182 Å². The molecule has 2 aromatic heterocycles. The Morgan fingerprint density at radius 3 is 1.50 bits per heavy atom. The Bertz CT molecular complexity index is 2730. The standard InChI is InChI=1S/C48H30N4/c49-31-32-22-24-35(25-23-32)47-48(52-44-21-10-9-20-43(44)51-47)42-27-26-39(40-18-7-8-19-41(40)42)37-17-11-16-36(28-37)38-29-45(33-12-3-1-4-13-33)50-46(30-38)34-14-5-2-6-15-34/h1-30H.